The van der Waals surface area contributed by atoms with E-state index in [1.54, 1.807) is 29.0 Å². The van der Waals surface area contributed by atoms with E-state index < -0.39 is 0 Å². The van der Waals surface area contributed by atoms with E-state index in [-0.39, 0.29) is 29.6 Å². The minimum absolute atomic E-state index is 0.0159. The Morgan fingerprint density at radius 1 is 1.11 bits per heavy atom. The van der Waals surface area contributed by atoms with Crippen molar-refractivity contribution in [3.05, 3.63) is 69.7 Å². The molecule has 0 saturated carbocycles. The highest BCUT2D eigenvalue weighted by Gasteiger charge is 2.38. The number of benzene rings is 2. The van der Waals surface area contributed by atoms with Crippen LogP contribution < -0.4 is 4.90 Å². The van der Waals surface area contributed by atoms with E-state index in [0.717, 1.165) is 44.6 Å². The Kier molecular flexibility index (Phi) is 6.93. The molecule has 2 amide bonds. The number of fused-ring (bicyclic) bond motifs is 2. The summed E-state index contributed by atoms with van der Waals surface area (Å²) in [5.41, 5.74) is 3.73. The van der Waals surface area contributed by atoms with Crippen LogP contribution in [0.25, 0.3) is 6.08 Å². The SMILES string of the molecule is CN1CC(C(=O)N(CCCN2CCC3(C=Cc4ccccc43)CC2)c2ccc(Cl)c(Cl)c2)CC1=O. The van der Waals surface area contributed by atoms with Gasteiger partial charge in [0, 0.05) is 37.7 Å². The molecule has 0 aromatic heterocycles. The summed E-state index contributed by atoms with van der Waals surface area (Å²) in [4.78, 5) is 31.4. The molecule has 2 saturated heterocycles. The molecule has 5 rings (SSSR count). The number of likely N-dealkylation sites (tertiary alicyclic amines) is 2. The van der Waals surface area contributed by atoms with Crippen molar-refractivity contribution in [2.45, 2.75) is 31.1 Å². The number of halogens is 2. The summed E-state index contributed by atoms with van der Waals surface area (Å²) in [6.45, 7) is 4.05. The smallest absolute Gasteiger partial charge is 0.232 e. The zero-order valence-corrected chi connectivity index (χ0v) is 21.6. The normalized spacial score (nSPS) is 21.1. The summed E-state index contributed by atoms with van der Waals surface area (Å²) in [5, 5.41) is 0.885. The molecule has 1 unspecified atom stereocenters. The summed E-state index contributed by atoms with van der Waals surface area (Å²) in [5.74, 6) is -0.334. The molecule has 0 radical (unpaired) electrons. The van der Waals surface area contributed by atoms with Crippen molar-refractivity contribution in [2.75, 3.05) is 44.7 Å². The van der Waals surface area contributed by atoms with Crippen molar-refractivity contribution in [3.63, 3.8) is 0 Å². The number of nitrogens with zero attached hydrogens (tertiary/aromatic N) is 3. The number of carbonyl (C=O) groups is 2. The molecule has 2 aliphatic heterocycles. The monoisotopic (exact) mass is 511 g/mol. The predicted molar refractivity (Wildman–Crippen MR) is 142 cm³/mol. The third-order valence-electron chi connectivity index (χ3n) is 7.85. The number of piperidine rings is 1. The molecule has 35 heavy (non-hydrogen) atoms. The van der Waals surface area contributed by atoms with E-state index in [1.807, 2.05) is 6.07 Å². The van der Waals surface area contributed by atoms with Gasteiger partial charge in [-0.3, -0.25) is 9.59 Å². The first kappa shape index (κ1) is 24.4. The van der Waals surface area contributed by atoms with Crippen LogP contribution in [0.4, 0.5) is 5.69 Å². The number of hydrogen-bond donors (Lipinski definition) is 0. The van der Waals surface area contributed by atoms with Gasteiger partial charge in [0.05, 0.1) is 16.0 Å². The maximum absolute atomic E-state index is 13.5. The largest absolute Gasteiger partial charge is 0.345 e. The predicted octanol–water partition coefficient (Wildman–Crippen LogP) is 5.26. The van der Waals surface area contributed by atoms with Gasteiger partial charge in [0.25, 0.3) is 0 Å². The Morgan fingerprint density at radius 2 is 1.89 bits per heavy atom. The number of hydrogen-bond acceptors (Lipinski definition) is 3. The molecule has 2 fully saturated rings. The van der Waals surface area contributed by atoms with Crippen LogP contribution in [0.2, 0.25) is 10.0 Å². The van der Waals surface area contributed by atoms with Gasteiger partial charge in [0.15, 0.2) is 0 Å². The van der Waals surface area contributed by atoms with Crippen molar-refractivity contribution >= 4 is 46.8 Å². The molecule has 3 aliphatic rings. The van der Waals surface area contributed by atoms with Gasteiger partial charge in [0.1, 0.15) is 0 Å². The van der Waals surface area contributed by atoms with Crippen LogP contribution in [0, 0.1) is 5.92 Å². The molecule has 2 aromatic rings. The Bertz CT molecular complexity index is 1160. The lowest BCUT2D eigenvalue weighted by Gasteiger charge is -2.39. The summed E-state index contributed by atoms with van der Waals surface area (Å²) in [6, 6.07) is 14.0. The van der Waals surface area contributed by atoms with Gasteiger partial charge in [-0.25, -0.2) is 0 Å². The molecular weight excluding hydrogens is 481 g/mol. The van der Waals surface area contributed by atoms with E-state index in [0.29, 0.717) is 23.1 Å². The van der Waals surface area contributed by atoms with Crippen LogP contribution in [0.3, 0.4) is 0 Å². The summed E-state index contributed by atoms with van der Waals surface area (Å²) in [7, 11) is 1.75. The molecule has 1 spiro atoms. The zero-order chi connectivity index (χ0) is 24.6. The summed E-state index contributed by atoms with van der Waals surface area (Å²) >= 11 is 12.4. The molecule has 2 aromatic carbocycles. The topological polar surface area (TPSA) is 43.9 Å². The zero-order valence-electron chi connectivity index (χ0n) is 20.1. The molecule has 2 heterocycles. The Balaban J connectivity index is 1.22. The molecule has 1 aliphatic carbocycles. The number of allylic oxidation sites excluding steroid dienone is 1. The first-order chi connectivity index (χ1) is 16.9. The molecule has 0 bridgehead atoms. The molecule has 7 heteroatoms. The standard InChI is InChI=1S/C28H31Cl2N3O2/c1-31-19-21(17-26(31)34)27(35)33(22-7-8-24(29)25(30)18-22)14-4-13-32-15-11-28(12-16-32)10-9-20-5-2-3-6-23(20)28/h2-3,5-10,18,21H,4,11-17,19H2,1H3. The first-order valence-corrected chi connectivity index (χ1v) is 13.1. The van der Waals surface area contributed by atoms with Gasteiger partial charge in [0.2, 0.25) is 11.8 Å². The number of carbonyl (C=O) groups excluding carboxylic acids is 2. The van der Waals surface area contributed by atoms with Crippen molar-refractivity contribution in [1.82, 2.24) is 9.80 Å². The van der Waals surface area contributed by atoms with Crippen molar-refractivity contribution in [1.29, 1.82) is 0 Å². The van der Waals surface area contributed by atoms with Crippen LogP contribution in [-0.2, 0) is 15.0 Å². The highest BCUT2D eigenvalue weighted by Crippen LogP contribution is 2.43. The average Bonchev–Trinajstić information content (AvgIpc) is 3.39. The van der Waals surface area contributed by atoms with Crippen molar-refractivity contribution in [2.24, 2.45) is 5.92 Å². The second-order valence-corrected chi connectivity index (χ2v) is 10.8. The molecular formula is C28H31Cl2N3O2. The van der Waals surface area contributed by atoms with Gasteiger partial charge < -0.3 is 14.7 Å². The fraction of sp³-hybridized carbons (Fsp3) is 0.429. The quantitative estimate of drug-likeness (QED) is 0.531. The van der Waals surface area contributed by atoms with E-state index in [9.17, 15) is 9.59 Å². The number of rotatable bonds is 6. The van der Waals surface area contributed by atoms with Crippen LogP contribution >= 0.6 is 23.2 Å². The number of amides is 2. The maximum atomic E-state index is 13.5. The molecule has 184 valence electrons. The molecule has 1 atom stereocenters. The average molecular weight is 512 g/mol. The highest BCUT2D eigenvalue weighted by molar-refractivity contribution is 6.42. The Morgan fingerprint density at radius 3 is 2.60 bits per heavy atom. The fourth-order valence-electron chi connectivity index (χ4n) is 5.77. The van der Waals surface area contributed by atoms with E-state index >= 15 is 0 Å². The van der Waals surface area contributed by atoms with E-state index in [1.165, 1.54) is 11.1 Å². The van der Waals surface area contributed by atoms with Crippen LogP contribution in [0.1, 0.15) is 36.8 Å². The van der Waals surface area contributed by atoms with E-state index in [2.05, 4.69) is 41.3 Å². The fourth-order valence-corrected chi connectivity index (χ4v) is 6.06. The minimum Gasteiger partial charge on any atom is -0.345 e. The first-order valence-electron chi connectivity index (χ1n) is 12.4. The second kappa shape index (κ2) is 9.96. The van der Waals surface area contributed by atoms with E-state index in [4.69, 9.17) is 23.2 Å². The second-order valence-electron chi connectivity index (χ2n) is 10.0. The van der Waals surface area contributed by atoms with Gasteiger partial charge >= 0.3 is 0 Å². The lowest BCUT2D eigenvalue weighted by molar-refractivity contribution is -0.127. The minimum atomic E-state index is -0.328. The van der Waals surface area contributed by atoms with Gasteiger partial charge in [-0.1, -0.05) is 59.6 Å². The lowest BCUT2D eigenvalue weighted by atomic mass is 9.74. The third-order valence-corrected chi connectivity index (χ3v) is 8.59. The summed E-state index contributed by atoms with van der Waals surface area (Å²) in [6.07, 6.45) is 8.02. The maximum Gasteiger partial charge on any atom is 0.232 e. The molecule has 5 nitrogen and oxygen atoms in total. The lowest BCUT2D eigenvalue weighted by Crippen LogP contribution is -2.43. The third kappa shape index (κ3) is 4.87. The summed E-state index contributed by atoms with van der Waals surface area (Å²) < 4.78 is 0. The number of anilines is 1. The van der Waals surface area contributed by atoms with Crippen molar-refractivity contribution in [3.8, 4) is 0 Å². The van der Waals surface area contributed by atoms with Crippen LogP contribution in [-0.4, -0.2) is 61.4 Å². The molecule has 0 N–H and O–H groups in total. The van der Waals surface area contributed by atoms with Crippen LogP contribution in [0.15, 0.2) is 48.5 Å². The van der Waals surface area contributed by atoms with Crippen molar-refractivity contribution < 1.29 is 9.59 Å². The van der Waals surface area contributed by atoms with Gasteiger partial charge in [-0.2, -0.15) is 0 Å². The van der Waals surface area contributed by atoms with Crippen LogP contribution in [0.5, 0.6) is 0 Å². The Labute approximate surface area is 217 Å². The van der Waals surface area contributed by atoms with Gasteiger partial charge in [-0.05, 0) is 68.2 Å². The van der Waals surface area contributed by atoms with Gasteiger partial charge in [-0.15, -0.1) is 0 Å². The Hall–Kier alpha value is -2.34. The highest BCUT2D eigenvalue weighted by atomic mass is 35.5.